The number of pyridine rings is 1. The second-order valence-electron chi connectivity index (χ2n) is 3.88. The number of aromatic nitrogens is 1. The Morgan fingerprint density at radius 2 is 1.94 bits per heavy atom. The fourth-order valence-electron chi connectivity index (χ4n) is 1.81. The van der Waals surface area contributed by atoms with Gasteiger partial charge in [0.05, 0.1) is 11.1 Å². The number of nitro groups is 1. The van der Waals surface area contributed by atoms with Crippen molar-refractivity contribution in [1.29, 1.82) is 0 Å². The van der Waals surface area contributed by atoms with Crippen molar-refractivity contribution < 1.29 is 4.92 Å². The first-order valence-electron chi connectivity index (χ1n) is 5.66. The Kier molecular flexibility index (Phi) is 4.40. The van der Waals surface area contributed by atoms with E-state index < -0.39 is 0 Å². The maximum absolute atomic E-state index is 11.1. The van der Waals surface area contributed by atoms with Crippen LogP contribution in [0.3, 0.4) is 0 Å². The van der Waals surface area contributed by atoms with Gasteiger partial charge >= 0.3 is 0 Å². The number of aryl methyl sites for hydroxylation is 2. The molecule has 0 unspecified atom stereocenters. The van der Waals surface area contributed by atoms with E-state index in [-0.39, 0.29) is 10.6 Å². The largest absolute Gasteiger partial charge is 0.294 e. The molecule has 0 saturated heterocycles. The molecule has 0 aliphatic heterocycles. The summed E-state index contributed by atoms with van der Waals surface area (Å²) in [5.41, 5.74) is 2.38. The minimum Gasteiger partial charge on any atom is -0.258 e. The molecule has 1 heterocycles. The van der Waals surface area contributed by atoms with Crippen LogP contribution in [0.1, 0.15) is 43.5 Å². The topological polar surface area (TPSA) is 56.0 Å². The average molecular weight is 221 g/mol. The van der Waals surface area contributed by atoms with Gasteiger partial charge in [-0.1, -0.05) is 26.7 Å². The molecule has 0 fully saturated rings. The molecular weight excluding hydrogens is 204 g/mol. The predicted octanol–water partition coefficient (Wildman–Crippen LogP) is 3.00. The van der Waals surface area contributed by atoms with Crippen LogP contribution in [-0.2, 0) is 12.8 Å². The van der Waals surface area contributed by atoms with Gasteiger partial charge in [-0.2, -0.15) is 0 Å². The third-order valence-corrected chi connectivity index (χ3v) is 2.54. The van der Waals surface area contributed by atoms with Crippen LogP contribution in [0, 0.1) is 23.2 Å². The van der Waals surface area contributed by atoms with Crippen molar-refractivity contribution in [2.75, 3.05) is 0 Å². The van der Waals surface area contributed by atoms with Crippen LogP contribution in [0.2, 0.25) is 0 Å². The van der Waals surface area contributed by atoms with Crippen LogP contribution < -0.4 is 0 Å². The Labute approximate surface area is 95.9 Å². The Balaban J connectivity index is 3.31. The van der Waals surface area contributed by atoms with E-state index >= 15 is 0 Å². The van der Waals surface area contributed by atoms with E-state index in [2.05, 4.69) is 11.2 Å². The summed E-state index contributed by atoms with van der Waals surface area (Å²) in [7, 11) is 0. The monoisotopic (exact) mass is 221 g/mol. The summed E-state index contributed by atoms with van der Waals surface area (Å²) in [4.78, 5) is 14.9. The molecule has 1 rings (SSSR count). The van der Waals surface area contributed by atoms with E-state index in [1.165, 1.54) is 0 Å². The summed E-state index contributed by atoms with van der Waals surface area (Å²) in [6, 6.07) is 0. The fraction of sp³-hybridized carbons (Fsp3) is 0.583. The normalized spacial score (nSPS) is 10.4. The van der Waals surface area contributed by atoms with Gasteiger partial charge in [-0.05, 0) is 25.3 Å². The molecule has 0 bridgehead atoms. The lowest BCUT2D eigenvalue weighted by Gasteiger charge is -2.08. The second-order valence-corrected chi connectivity index (χ2v) is 3.88. The molecule has 16 heavy (non-hydrogen) atoms. The van der Waals surface area contributed by atoms with E-state index in [0.29, 0.717) is 12.1 Å². The van der Waals surface area contributed by atoms with Crippen LogP contribution in [0.25, 0.3) is 0 Å². The van der Waals surface area contributed by atoms with Gasteiger partial charge in [0.15, 0.2) is 0 Å². The third-order valence-electron chi connectivity index (χ3n) is 2.54. The van der Waals surface area contributed by atoms with Gasteiger partial charge in [-0.25, -0.2) is 4.98 Å². The van der Waals surface area contributed by atoms with Gasteiger partial charge in [0.2, 0.25) is 0 Å². The molecule has 4 heteroatoms. The van der Waals surface area contributed by atoms with Gasteiger partial charge in [0.1, 0.15) is 5.69 Å². The summed E-state index contributed by atoms with van der Waals surface area (Å²) >= 11 is 0. The molecule has 0 N–H and O–H groups in total. The van der Waals surface area contributed by atoms with E-state index in [0.717, 1.165) is 30.4 Å². The van der Waals surface area contributed by atoms with Gasteiger partial charge < -0.3 is 0 Å². The third kappa shape index (κ3) is 2.56. The minimum absolute atomic E-state index is 0.208. The van der Waals surface area contributed by atoms with E-state index in [1.807, 2.05) is 20.8 Å². The molecule has 0 aromatic carbocycles. The Bertz CT molecular complexity index is 389. The lowest BCUT2D eigenvalue weighted by Crippen LogP contribution is -2.05. The molecule has 1 aromatic rings. The number of rotatable bonds is 5. The summed E-state index contributed by atoms with van der Waals surface area (Å²) in [6.45, 7) is 5.84. The zero-order valence-corrected chi connectivity index (χ0v) is 10.0. The van der Waals surface area contributed by atoms with Gasteiger partial charge in [0, 0.05) is 5.56 Å². The van der Waals surface area contributed by atoms with Crippen molar-refractivity contribution in [3.8, 4) is 0 Å². The molecule has 0 atom stereocenters. The number of nitrogens with zero attached hydrogens (tertiary/aromatic N) is 2. The molecule has 0 aliphatic rings. The highest BCUT2D eigenvalue weighted by Gasteiger charge is 2.21. The van der Waals surface area contributed by atoms with Crippen molar-refractivity contribution in [2.45, 2.75) is 46.5 Å². The molecule has 0 amide bonds. The quantitative estimate of drug-likeness (QED) is 0.567. The highest BCUT2D eigenvalue weighted by Crippen LogP contribution is 2.26. The number of hydrogen-bond donors (Lipinski definition) is 0. The first kappa shape index (κ1) is 12.6. The van der Waals surface area contributed by atoms with Crippen LogP contribution in [-0.4, -0.2) is 9.91 Å². The standard InChI is InChI=1S/C12H17N2O2/c1-4-6-10-9(3)8-13-11(7-5-2)12(10)14(15)16/h4-7H2,1-3H3. The van der Waals surface area contributed by atoms with Gasteiger partial charge in [0.25, 0.3) is 5.69 Å². The fourth-order valence-corrected chi connectivity index (χ4v) is 1.81. The van der Waals surface area contributed by atoms with Gasteiger partial charge in [-0.3, -0.25) is 10.1 Å². The molecule has 4 nitrogen and oxygen atoms in total. The van der Waals surface area contributed by atoms with Crippen LogP contribution in [0.5, 0.6) is 0 Å². The highest BCUT2D eigenvalue weighted by atomic mass is 16.6. The maximum atomic E-state index is 11.1. The predicted molar refractivity (Wildman–Crippen MR) is 62.5 cm³/mol. The molecule has 0 aliphatic carbocycles. The molecule has 87 valence electrons. The van der Waals surface area contributed by atoms with Crippen LogP contribution in [0.15, 0.2) is 0 Å². The average Bonchev–Trinajstić information content (AvgIpc) is 2.23. The van der Waals surface area contributed by atoms with Crippen molar-refractivity contribution in [2.24, 2.45) is 0 Å². The summed E-state index contributed by atoms with van der Waals surface area (Å²) in [5, 5.41) is 11.1. The molecule has 0 saturated carbocycles. The second kappa shape index (κ2) is 5.58. The smallest absolute Gasteiger partial charge is 0.258 e. The van der Waals surface area contributed by atoms with Crippen molar-refractivity contribution >= 4 is 5.69 Å². The first-order chi connectivity index (χ1) is 7.61. The first-order valence-corrected chi connectivity index (χ1v) is 5.66. The minimum atomic E-state index is -0.302. The van der Waals surface area contributed by atoms with E-state index in [1.54, 1.807) is 0 Å². The Morgan fingerprint density at radius 1 is 1.31 bits per heavy atom. The lowest BCUT2D eigenvalue weighted by atomic mass is 10.0. The lowest BCUT2D eigenvalue weighted by molar-refractivity contribution is -0.386. The Morgan fingerprint density at radius 3 is 2.44 bits per heavy atom. The molecular formula is C12H17N2O2. The molecule has 0 spiro atoms. The van der Waals surface area contributed by atoms with Gasteiger partial charge in [-0.15, -0.1) is 0 Å². The highest BCUT2D eigenvalue weighted by molar-refractivity contribution is 5.47. The summed E-state index contributed by atoms with van der Waals surface area (Å²) < 4.78 is 0. The molecule has 1 aromatic heterocycles. The zero-order chi connectivity index (χ0) is 12.1. The summed E-state index contributed by atoms with van der Waals surface area (Å²) in [5.74, 6) is 0. The van der Waals surface area contributed by atoms with Crippen molar-refractivity contribution in [3.05, 3.63) is 33.1 Å². The van der Waals surface area contributed by atoms with E-state index in [4.69, 9.17) is 0 Å². The van der Waals surface area contributed by atoms with Crippen LogP contribution >= 0.6 is 0 Å². The van der Waals surface area contributed by atoms with Crippen molar-refractivity contribution in [1.82, 2.24) is 4.98 Å². The van der Waals surface area contributed by atoms with E-state index in [9.17, 15) is 10.1 Å². The van der Waals surface area contributed by atoms with Crippen molar-refractivity contribution in [3.63, 3.8) is 0 Å². The van der Waals surface area contributed by atoms with Crippen LogP contribution in [0.4, 0.5) is 5.69 Å². The summed E-state index contributed by atoms with van der Waals surface area (Å²) in [6.07, 6.45) is 5.99. The molecule has 1 radical (unpaired) electrons. The SMILES string of the molecule is CCCc1n[c]c(C)c(CCC)c1[N+](=O)[O-]. The number of hydrogen-bond acceptors (Lipinski definition) is 3. The zero-order valence-electron chi connectivity index (χ0n) is 10.0. The Hall–Kier alpha value is -1.45. The maximum Gasteiger partial charge on any atom is 0.294 e.